The van der Waals surface area contributed by atoms with Gasteiger partial charge in [0.25, 0.3) is 5.56 Å². The second kappa shape index (κ2) is 10.6. The van der Waals surface area contributed by atoms with E-state index in [1.807, 2.05) is 18.2 Å². The van der Waals surface area contributed by atoms with E-state index in [2.05, 4.69) is 0 Å². The molecular weight excluding hydrogens is 585 g/mol. The van der Waals surface area contributed by atoms with Crippen molar-refractivity contribution < 1.29 is 36.9 Å². The largest absolute Gasteiger partial charge is 0.496 e. The van der Waals surface area contributed by atoms with Crippen molar-refractivity contribution >= 4 is 23.4 Å². The van der Waals surface area contributed by atoms with Crippen molar-refractivity contribution in [1.29, 1.82) is 0 Å². The lowest BCUT2D eigenvalue weighted by Gasteiger charge is -2.44. The number of thiazole rings is 1. The molecule has 0 radical (unpaired) electrons. The van der Waals surface area contributed by atoms with Gasteiger partial charge in [-0.1, -0.05) is 41.7 Å². The number of fused-ring (bicyclic) bond motifs is 6. The Kier molecular flexibility index (Phi) is 7.04. The number of alkyl halides is 3. The van der Waals surface area contributed by atoms with Crippen LogP contribution < -0.4 is 29.1 Å². The van der Waals surface area contributed by atoms with E-state index in [1.165, 1.54) is 42.3 Å². The maximum Gasteiger partial charge on any atom is 0.416 e. The molecule has 0 saturated carbocycles. The molecule has 222 valence electrons. The van der Waals surface area contributed by atoms with Gasteiger partial charge in [-0.2, -0.15) is 13.2 Å². The molecule has 8 nitrogen and oxygen atoms in total. The third-order valence-corrected chi connectivity index (χ3v) is 8.48. The summed E-state index contributed by atoms with van der Waals surface area (Å²) in [5, 5.41) is 0. The van der Waals surface area contributed by atoms with Crippen LogP contribution >= 0.6 is 11.3 Å². The van der Waals surface area contributed by atoms with Crippen LogP contribution in [-0.2, 0) is 22.3 Å². The summed E-state index contributed by atoms with van der Waals surface area (Å²) in [6, 6.07) is 16.3. The molecule has 2 aliphatic rings. The maximum atomic E-state index is 13.9. The molecule has 3 aromatic carbocycles. The third-order valence-electron chi connectivity index (χ3n) is 7.49. The number of hydrogen-bond acceptors (Lipinski definition) is 8. The number of benzene rings is 3. The van der Waals surface area contributed by atoms with Crippen LogP contribution in [0.1, 0.15) is 35.2 Å². The molecule has 2 bridgehead atoms. The molecule has 0 amide bonds. The zero-order valence-electron chi connectivity index (χ0n) is 23.2. The maximum absolute atomic E-state index is 13.9. The van der Waals surface area contributed by atoms with Gasteiger partial charge in [0.1, 0.15) is 29.8 Å². The highest BCUT2D eigenvalue weighted by atomic mass is 32.1. The SMILES string of the molecule is COC(=O)[C@@H]1[C@H]2c3ccccc3O[C@@]1(C)N=c1s/c(=C/c3ccc(OC)c(COc4cccc(C(F)(F)F)c4)c3)c(=O)n12. The molecule has 3 atom stereocenters. The van der Waals surface area contributed by atoms with Crippen LogP contribution in [0.5, 0.6) is 17.2 Å². The molecule has 0 aliphatic carbocycles. The molecule has 1 aromatic heterocycles. The van der Waals surface area contributed by atoms with Crippen LogP contribution in [0, 0.1) is 5.92 Å². The lowest BCUT2D eigenvalue weighted by Crippen LogP contribution is -2.58. The Balaban J connectivity index is 1.40. The van der Waals surface area contributed by atoms with E-state index < -0.39 is 35.4 Å². The third kappa shape index (κ3) is 5.05. The Morgan fingerprint density at radius 3 is 2.65 bits per heavy atom. The fourth-order valence-corrected chi connectivity index (χ4v) is 6.61. The van der Waals surface area contributed by atoms with E-state index in [4.69, 9.17) is 23.9 Å². The Morgan fingerprint density at radius 1 is 1.12 bits per heavy atom. The smallest absolute Gasteiger partial charge is 0.416 e. The van der Waals surface area contributed by atoms with E-state index in [0.717, 1.165) is 12.1 Å². The number of para-hydroxylation sites is 1. The van der Waals surface area contributed by atoms with Gasteiger partial charge in [-0.3, -0.25) is 14.2 Å². The lowest BCUT2D eigenvalue weighted by molar-refractivity contribution is -0.158. The number of rotatable bonds is 6. The van der Waals surface area contributed by atoms with E-state index in [1.54, 1.807) is 37.3 Å². The van der Waals surface area contributed by atoms with Gasteiger partial charge in [-0.05, 0) is 55.0 Å². The summed E-state index contributed by atoms with van der Waals surface area (Å²) >= 11 is 1.17. The summed E-state index contributed by atoms with van der Waals surface area (Å²) in [6.45, 7) is 1.63. The zero-order valence-corrected chi connectivity index (χ0v) is 24.0. The minimum atomic E-state index is -4.49. The van der Waals surface area contributed by atoms with E-state index in [9.17, 15) is 22.8 Å². The first-order valence-corrected chi connectivity index (χ1v) is 14.0. The first kappa shape index (κ1) is 28.5. The number of methoxy groups -OCH3 is 2. The van der Waals surface area contributed by atoms with Crippen molar-refractivity contribution in [3.63, 3.8) is 0 Å². The normalized spacial score (nSPS) is 20.7. The fourth-order valence-electron chi connectivity index (χ4n) is 5.51. The van der Waals surface area contributed by atoms with Gasteiger partial charge in [0.2, 0.25) is 5.72 Å². The molecule has 2 aliphatic heterocycles. The van der Waals surface area contributed by atoms with Crippen molar-refractivity contribution in [2.75, 3.05) is 14.2 Å². The molecule has 0 unspecified atom stereocenters. The minimum absolute atomic E-state index is 0.0549. The zero-order chi connectivity index (χ0) is 30.5. The Bertz CT molecular complexity index is 1920. The van der Waals surface area contributed by atoms with Crippen LogP contribution in [0.4, 0.5) is 13.2 Å². The van der Waals surface area contributed by atoms with Crippen LogP contribution in [0.25, 0.3) is 6.08 Å². The average Bonchev–Trinajstić information content (AvgIpc) is 3.27. The highest BCUT2D eigenvalue weighted by Crippen LogP contribution is 2.47. The Labute approximate surface area is 247 Å². The first-order chi connectivity index (χ1) is 20.5. The number of halogens is 3. The predicted octanol–water partition coefficient (Wildman–Crippen LogP) is 4.47. The molecule has 0 saturated heterocycles. The van der Waals surface area contributed by atoms with Crippen LogP contribution in [0.2, 0.25) is 0 Å². The van der Waals surface area contributed by atoms with Gasteiger partial charge in [0.05, 0.1) is 30.4 Å². The monoisotopic (exact) mass is 610 g/mol. The van der Waals surface area contributed by atoms with Crippen LogP contribution in [0.15, 0.2) is 76.5 Å². The molecule has 0 spiro atoms. The minimum Gasteiger partial charge on any atom is -0.496 e. The highest BCUT2D eigenvalue weighted by molar-refractivity contribution is 7.07. The number of esters is 1. The first-order valence-electron chi connectivity index (χ1n) is 13.2. The van der Waals surface area contributed by atoms with Crippen LogP contribution in [0.3, 0.4) is 0 Å². The van der Waals surface area contributed by atoms with E-state index in [0.29, 0.717) is 37.5 Å². The second-order valence-corrected chi connectivity index (χ2v) is 11.2. The molecule has 0 fully saturated rings. The molecule has 12 heteroatoms. The number of hydrogen-bond donors (Lipinski definition) is 0. The molecule has 3 heterocycles. The molecule has 43 heavy (non-hydrogen) atoms. The van der Waals surface area contributed by atoms with E-state index in [-0.39, 0.29) is 17.9 Å². The molecule has 0 N–H and O–H groups in total. The topological polar surface area (TPSA) is 88.4 Å². The Hall–Kier alpha value is -4.58. The summed E-state index contributed by atoms with van der Waals surface area (Å²) in [5.74, 6) is -0.368. The summed E-state index contributed by atoms with van der Waals surface area (Å²) < 4.78 is 63.7. The van der Waals surface area contributed by atoms with Gasteiger partial charge in [0.15, 0.2) is 4.80 Å². The predicted molar refractivity (Wildman–Crippen MR) is 151 cm³/mol. The van der Waals surface area contributed by atoms with Crippen molar-refractivity contribution in [1.82, 2.24) is 4.57 Å². The van der Waals surface area contributed by atoms with Gasteiger partial charge in [0, 0.05) is 11.1 Å². The van der Waals surface area contributed by atoms with Crippen molar-refractivity contribution in [3.05, 3.63) is 109 Å². The summed E-state index contributed by atoms with van der Waals surface area (Å²) in [4.78, 5) is 32.0. The Morgan fingerprint density at radius 2 is 1.91 bits per heavy atom. The molecular formula is C31H25F3N2O6S. The number of nitrogens with zero attached hydrogens (tertiary/aromatic N) is 2. The van der Waals surface area contributed by atoms with Crippen LogP contribution in [-0.4, -0.2) is 30.5 Å². The molecule has 4 aromatic rings. The number of carbonyl (C=O) groups is 1. The number of carbonyl (C=O) groups excluding carboxylic acids is 1. The van der Waals surface area contributed by atoms with Gasteiger partial charge in [-0.25, -0.2) is 4.99 Å². The molecule has 6 rings (SSSR count). The van der Waals surface area contributed by atoms with Crippen molar-refractivity contribution in [2.45, 2.75) is 31.5 Å². The second-order valence-electron chi connectivity index (χ2n) is 10.2. The standard InChI is InChI=1S/C31H25F3N2O6S/c1-30-25(28(38)40-3)26(21-9-4-5-10-23(21)42-30)36-27(37)24(43-29(36)35-30)14-17-11-12-22(39-2)18(13-17)16-41-20-8-6-7-19(15-20)31(32,33)34/h4-15,25-26H,16H2,1-3H3/b24-14+/t25-,26+,30+/m0/s1. The van der Waals surface area contributed by atoms with E-state index >= 15 is 0 Å². The summed E-state index contributed by atoms with van der Waals surface area (Å²) in [6.07, 6.45) is -2.81. The fraction of sp³-hybridized carbons (Fsp3) is 0.258. The van der Waals surface area contributed by atoms with Crippen molar-refractivity contribution in [2.24, 2.45) is 10.9 Å². The quantitative estimate of drug-likeness (QED) is 0.300. The highest BCUT2D eigenvalue weighted by Gasteiger charge is 2.55. The average molecular weight is 611 g/mol. The van der Waals surface area contributed by atoms with Gasteiger partial charge in [-0.15, -0.1) is 0 Å². The number of ether oxygens (including phenoxy) is 4. The van der Waals surface area contributed by atoms with Gasteiger partial charge < -0.3 is 18.9 Å². The number of aromatic nitrogens is 1. The summed E-state index contributed by atoms with van der Waals surface area (Å²) in [5.41, 5.74) is -0.552. The lowest BCUT2D eigenvalue weighted by atomic mass is 9.81. The van der Waals surface area contributed by atoms with Crippen molar-refractivity contribution in [3.8, 4) is 17.2 Å². The summed E-state index contributed by atoms with van der Waals surface area (Å²) in [7, 11) is 2.76. The van der Waals surface area contributed by atoms with Gasteiger partial charge >= 0.3 is 12.1 Å².